The summed E-state index contributed by atoms with van der Waals surface area (Å²) >= 11 is 6.21. The van der Waals surface area contributed by atoms with Crippen LogP contribution < -0.4 is 5.32 Å². The lowest BCUT2D eigenvalue weighted by Crippen LogP contribution is -2.47. The summed E-state index contributed by atoms with van der Waals surface area (Å²) in [4.78, 5) is 16.4. The van der Waals surface area contributed by atoms with Crippen molar-refractivity contribution in [2.24, 2.45) is 5.92 Å². The molecule has 1 aromatic heterocycles. The third kappa shape index (κ3) is 6.68. The number of amides is 1. The highest BCUT2D eigenvalue weighted by molar-refractivity contribution is 6.74. The smallest absolute Gasteiger partial charge is 0.407 e. The van der Waals surface area contributed by atoms with Crippen LogP contribution in [0.1, 0.15) is 79.5 Å². The van der Waals surface area contributed by atoms with Crippen molar-refractivity contribution < 1.29 is 23.5 Å². The lowest BCUT2D eigenvalue weighted by atomic mass is 9.89. The quantitative estimate of drug-likeness (QED) is 0.340. The van der Waals surface area contributed by atoms with Crippen molar-refractivity contribution in [1.29, 1.82) is 0 Å². The number of nitrogens with zero attached hydrogens (tertiary/aromatic N) is 1. The monoisotopic (exact) mass is 502 g/mol. The molecule has 1 unspecified atom stereocenters. The molecule has 2 rings (SSSR count). The molecule has 0 saturated heterocycles. The van der Waals surface area contributed by atoms with E-state index in [1.54, 1.807) is 34.6 Å². The highest BCUT2D eigenvalue weighted by atomic mass is 35.5. The molecule has 1 aliphatic rings. The molecule has 1 fully saturated rings. The van der Waals surface area contributed by atoms with E-state index in [0.29, 0.717) is 0 Å². The van der Waals surface area contributed by atoms with Crippen molar-refractivity contribution in [2.45, 2.75) is 103 Å². The number of ether oxygens (including phenoxy) is 1. The topological polar surface area (TPSA) is 80.7 Å². The zero-order valence-electron chi connectivity index (χ0n) is 21.7. The van der Waals surface area contributed by atoms with Crippen LogP contribution in [0.25, 0.3) is 0 Å². The first kappa shape index (κ1) is 28.0. The molecular formula is C24H40ClFN2O4Si. The van der Waals surface area contributed by atoms with E-state index < -0.39 is 37.0 Å². The van der Waals surface area contributed by atoms with Crippen LogP contribution in [0.4, 0.5) is 9.18 Å². The van der Waals surface area contributed by atoms with Gasteiger partial charge in [0.15, 0.2) is 19.3 Å². The van der Waals surface area contributed by atoms with Gasteiger partial charge in [-0.25, -0.2) is 14.2 Å². The highest BCUT2D eigenvalue weighted by Crippen LogP contribution is 2.47. The maximum Gasteiger partial charge on any atom is 0.407 e. The van der Waals surface area contributed by atoms with Gasteiger partial charge in [-0.05, 0) is 77.6 Å². The Balaban J connectivity index is 2.43. The molecule has 0 bridgehead atoms. The van der Waals surface area contributed by atoms with E-state index in [1.807, 2.05) is 0 Å². The lowest BCUT2D eigenvalue weighted by Gasteiger charge is -2.43. The number of rotatable bonds is 7. The van der Waals surface area contributed by atoms with Crippen LogP contribution in [0.3, 0.4) is 0 Å². The van der Waals surface area contributed by atoms with Gasteiger partial charge in [0.2, 0.25) is 0 Å². The van der Waals surface area contributed by atoms with E-state index in [1.165, 1.54) is 6.07 Å². The number of nitrogens with one attached hydrogen (secondary N) is 1. The van der Waals surface area contributed by atoms with Crippen LogP contribution in [-0.4, -0.2) is 36.6 Å². The summed E-state index contributed by atoms with van der Waals surface area (Å²) in [7, 11) is -2.26. The summed E-state index contributed by atoms with van der Waals surface area (Å²) < 4.78 is 27.1. The third-order valence-electron chi connectivity index (χ3n) is 6.48. The third-order valence-corrected chi connectivity index (χ3v) is 11.4. The number of hydrogen-bond acceptors (Lipinski definition) is 5. The molecule has 33 heavy (non-hydrogen) atoms. The first-order chi connectivity index (χ1) is 14.7. The SMILES string of the molecule is CC(C)(C)OC(=O)NCC(O)(c1cc(C(C)(C)O[Si](C)(C)C(C)(C)C)c(F)c(Cl)n1)C1CC1. The first-order valence-corrected chi connectivity index (χ1v) is 14.7. The normalized spacial score (nSPS) is 17.5. The van der Waals surface area contributed by atoms with Crippen LogP contribution in [0, 0.1) is 11.7 Å². The maximum absolute atomic E-state index is 15.2. The molecule has 1 atom stereocenters. The van der Waals surface area contributed by atoms with Gasteiger partial charge < -0.3 is 19.6 Å². The molecule has 1 saturated carbocycles. The van der Waals surface area contributed by atoms with E-state index in [0.717, 1.165) is 12.8 Å². The Bertz CT molecular complexity index is 892. The predicted molar refractivity (Wildman–Crippen MR) is 131 cm³/mol. The molecule has 1 amide bonds. The lowest BCUT2D eigenvalue weighted by molar-refractivity contribution is 0.00111. The van der Waals surface area contributed by atoms with Gasteiger partial charge in [0.1, 0.15) is 11.2 Å². The summed E-state index contributed by atoms with van der Waals surface area (Å²) in [6.07, 6.45) is 0.890. The molecule has 1 heterocycles. The Hall–Kier alpha value is -1.22. The van der Waals surface area contributed by atoms with E-state index in [9.17, 15) is 9.90 Å². The Kier molecular flexibility index (Phi) is 7.72. The largest absolute Gasteiger partial charge is 0.444 e. The average molecular weight is 503 g/mol. The van der Waals surface area contributed by atoms with Gasteiger partial charge >= 0.3 is 6.09 Å². The Morgan fingerprint density at radius 1 is 1.21 bits per heavy atom. The fourth-order valence-corrected chi connectivity index (χ4v) is 5.41. The fourth-order valence-electron chi connectivity index (χ4n) is 3.53. The number of halogens is 2. The van der Waals surface area contributed by atoms with E-state index >= 15 is 4.39 Å². The zero-order chi connectivity index (χ0) is 25.6. The second-order valence-electron chi connectivity index (χ2n) is 12.1. The average Bonchev–Trinajstić information content (AvgIpc) is 3.43. The van der Waals surface area contributed by atoms with Gasteiger partial charge in [0, 0.05) is 5.56 Å². The van der Waals surface area contributed by atoms with Gasteiger partial charge in [0.25, 0.3) is 0 Å². The van der Waals surface area contributed by atoms with Gasteiger partial charge in [-0.15, -0.1) is 0 Å². The minimum atomic E-state index is -2.26. The molecule has 0 spiro atoms. The number of carbonyl (C=O) groups excluding carboxylic acids is 1. The van der Waals surface area contributed by atoms with Crippen molar-refractivity contribution in [3.05, 3.63) is 28.3 Å². The number of hydrogen-bond donors (Lipinski definition) is 2. The van der Waals surface area contributed by atoms with Gasteiger partial charge in [0.05, 0.1) is 17.8 Å². The highest BCUT2D eigenvalue weighted by Gasteiger charge is 2.48. The number of aromatic nitrogens is 1. The molecule has 1 aliphatic carbocycles. The molecule has 0 radical (unpaired) electrons. The Morgan fingerprint density at radius 3 is 2.21 bits per heavy atom. The summed E-state index contributed by atoms with van der Waals surface area (Å²) in [5, 5.41) is 13.8. The second kappa shape index (κ2) is 9.09. The first-order valence-electron chi connectivity index (χ1n) is 11.5. The van der Waals surface area contributed by atoms with Gasteiger partial charge in [-0.3, -0.25) is 0 Å². The summed E-state index contributed by atoms with van der Waals surface area (Å²) in [5.41, 5.74) is -2.72. The van der Waals surface area contributed by atoms with Crippen molar-refractivity contribution in [3.63, 3.8) is 0 Å². The van der Waals surface area contributed by atoms with E-state index in [4.69, 9.17) is 20.8 Å². The minimum absolute atomic E-state index is 0.0769. The van der Waals surface area contributed by atoms with E-state index in [-0.39, 0.29) is 33.9 Å². The molecular weight excluding hydrogens is 463 g/mol. The van der Waals surface area contributed by atoms with Crippen molar-refractivity contribution in [3.8, 4) is 0 Å². The van der Waals surface area contributed by atoms with Crippen molar-refractivity contribution in [1.82, 2.24) is 10.3 Å². The fraction of sp³-hybridized carbons (Fsp3) is 0.750. The number of pyridine rings is 1. The van der Waals surface area contributed by atoms with Crippen LogP contribution in [0.5, 0.6) is 0 Å². The van der Waals surface area contributed by atoms with Gasteiger partial charge in [-0.2, -0.15) is 0 Å². The molecule has 0 aromatic carbocycles. The van der Waals surface area contributed by atoms with Crippen LogP contribution in [-0.2, 0) is 20.4 Å². The van der Waals surface area contributed by atoms with Crippen molar-refractivity contribution in [2.75, 3.05) is 6.54 Å². The molecule has 1 aromatic rings. The Morgan fingerprint density at radius 2 is 1.76 bits per heavy atom. The maximum atomic E-state index is 15.2. The number of alkyl carbamates (subject to hydrolysis) is 1. The molecule has 6 nitrogen and oxygen atoms in total. The van der Waals surface area contributed by atoms with Crippen LogP contribution in [0.2, 0.25) is 23.3 Å². The van der Waals surface area contributed by atoms with Crippen molar-refractivity contribution >= 4 is 26.0 Å². The summed E-state index contributed by atoms with van der Waals surface area (Å²) in [6, 6.07) is 1.53. The summed E-state index contributed by atoms with van der Waals surface area (Å²) in [6.45, 7) is 19.3. The number of carbonyl (C=O) groups is 1. The molecule has 2 N–H and O–H groups in total. The van der Waals surface area contributed by atoms with Crippen LogP contribution >= 0.6 is 11.6 Å². The molecule has 188 valence electrons. The second-order valence-corrected chi connectivity index (χ2v) is 17.2. The Labute approximate surface area is 203 Å². The van der Waals surface area contributed by atoms with Crippen LogP contribution in [0.15, 0.2) is 6.07 Å². The summed E-state index contributed by atoms with van der Waals surface area (Å²) in [5.74, 6) is -0.791. The number of aliphatic hydroxyl groups is 1. The predicted octanol–water partition coefficient (Wildman–Crippen LogP) is 6.25. The zero-order valence-corrected chi connectivity index (χ0v) is 23.4. The van der Waals surface area contributed by atoms with E-state index in [2.05, 4.69) is 44.2 Å². The molecule has 9 heteroatoms. The molecule has 0 aliphatic heterocycles. The standard InChI is InChI=1S/C24H40ClFN2O4Si/c1-21(2,3)31-20(29)27-14-24(30,15-11-12-15)17-13-16(18(26)19(25)28-17)23(7,8)32-33(9,10)22(4,5)6/h13,15,30H,11-12,14H2,1-10H3,(H,27,29). The minimum Gasteiger partial charge on any atom is -0.444 e. The van der Waals surface area contributed by atoms with Gasteiger partial charge in [-0.1, -0.05) is 32.4 Å².